The first kappa shape index (κ1) is 14.9. The van der Waals surface area contributed by atoms with Crippen molar-refractivity contribution < 1.29 is 14.3 Å². The van der Waals surface area contributed by atoms with Gasteiger partial charge in [-0.05, 0) is 50.2 Å². The molecular formula is C17H19NO3. The SMILES string of the molecule is CC(=O)Nc1ccc(Oc2cccc(OC(C)C)c2)cc1. The Kier molecular flexibility index (Phi) is 4.82. The van der Waals surface area contributed by atoms with Crippen LogP contribution < -0.4 is 14.8 Å². The van der Waals surface area contributed by atoms with E-state index in [1.807, 2.05) is 38.1 Å². The molecule has 4 heteroatoms. The Bertz CT molecular complexity index is 606. The molecule has 4 nitrogen and oxygen atoms in total. The van der Waals surface area contributed by atoms with Crippen LogP contribution in [0.15, 0.2) is 48.5 Å². The van der Waals surface area contributed by atoms with Gasteiger partial charge in [-0.1, -0.05) is 6.07 Å². The Morgan fingerprint density at radius 3 is 2.29 bits per heavy atom. The summed E-state index contributed by atoms with van der Waals surface area (Å²) in [6, 6.07) is 14.7. The molecule has 2 rings (SSSR count). The fraction of sp³-hybridized carbons (Fsp3) is 0.235. The Morgan fingerprint density at radius 1 is 1.00 bits per heavy atom. The normalized spacial score (nSPS) is 10.3. The lowest BCUT2D eigenvalue weighted by Crippen LogP contribution is -2.05. The van der Waals surface area contributed by atoms with Gasteiger partial charge in [0.1, 0.15) is 17.2 Å². The van der Waals surface area contributed by atoms with Crippen molar-refractivity contribution in [2.75, 3.05) is 5.32 Å². The second-order valence-electron chi connectivity index (χ2n) is 4.95. The third kappa shape index (κ3) is 4.84. The Balaban J connectivity index is 2.05. The molecule has 0 heterocycles. The fourth-order valence-electron chi connectivity index (χ4n) is 1.83. The lowest BCUT2D eigenvalue weighted by molar-refractivity contribution is -0.114. The van der Waals surface area contributed by atoms with Gasteiger partial charge < -0.3 is 14.8 Å². The Labute approximate surface area is 124 Å². The van der Waals surface area contributed by atoms with E-state index in [1.54, 1.807) is 24.3 Å². The smallest absolute Gasteiger partial charge is 0.221 e. The van der Waals surface area contributed by atoms with Crippen LogP contribution in [-0.4, -0.2) is 12.0 Å². The van der Waals surface area contributed by atoms with Gasteiger partial charge in [0.05, 0.1) is 6.10 Å². The second kappa shape index (κ2) is 6.79. The van der Waals surface area contributed by atoms with Crippen molar-refractivity contribution >= 4 is 11.6 Å². The van der Waals surface area contributed by atoms with Crippen molar-refractivity contribution in [1.29, 1.82) is 0 Å². The van der Waals surface area contributed by atoms with E-state index in [0.29, 0.717) is 11.5 Å². The summed E-state index contributed by atoms with van der Waals surface area (Å²) in [6.45, 7) is 5.44. The molecule has 1 N–H and O–H groups in total. The molecule has 21 heavy (non-hydrogen) atoms. The molecule has 110 valence electrons. The zero-order valence-electron chi connectivity index (χ0n) is 12.4. The molecule has 0 aliphatic heterocycles. The van der Waals surface area contributed by atoms with Crippen LogP contribution in [-0.2, 0) is 4.79 Å². The molecular weight excluding hydrogens is 266 g/mol. The highest BCUT2D eigenvalue weighted by Crippen LogP contribution is 2.26. The van der Waals surface area contributed by atoms with E-state index in [4.69, 9.17) is 9.47 Å². The summed E-state index contributed by atoms with van der Waals surface area (Å²) < 4.78 is 11.4. The molecule has 2 aromatic carbocycles. The van der Waals surface area contributed by atoms with E-state index in [1.165, 1.54) is 6.92 Å². The van der Waals surface area contributed by atoms with Gasteiger partial charge in [0, 0.05) is 18.7 Å². The highest BCUT2D eigenvalue weighted by atomic mass is 16.5. The lowest BCUT2D eigenvalue weighted by Gasteiger charge is -2.11. The Hall–Kier alpha value is -2.49. The van der Waals surface area contributed by atoms with Crippen LogP contribution in [0.5, 0.6) is 17.2 Å². The highest BCUT2D eigenvalue weighted by Gasteiger charge is 2.02. The fourth-order valence-corrected chi connectivity index (χ4v) is 1.83. The van der Waals surface area contributed by atoms with Crippen LogP contribution in [0.1, 0.15) is 20.8 Å². The highest BCUT2D eigenvalue weighted by molar-refractivity contribution is 5.88. The summed E-state index contributed by atoms with van der Waals surface area (Å²) in [4.78, 5) is 11.0. The number of ether oxygens (including phenoxy) is 2. The van der Waals surface area contributed by atoms with Crippen molar-refractivity contribution in [2.45, 2.75) is 26.9 Å². The summed E-state index contributed by atoms with van der Waals surface area (Å²) >= 11 is 0. The van der Waals surface area contributed by atoms with Gasteiger partial charge in [0.2, 0.25) is 5.91 Å². The molecule has 0 spiro atoms. The van der Waals surface area contributed by atoms with Crippen molar-refractivity contribution in [3.05, 3.63) is 48.5 Å². The molecule has 0 saturated carbocycles. The first-order valence-corrected chi connectivity index (χ1v) is 6.85. The van der Waals surface area contributed by atoms with Crippen LogP contribution in [0.25, 0.3) is 0 Å². The van der Waals surface area contributed by atoms with E-state index in [0.717, 1.165) is 11.4 Å². The van der Waals surface area contributed by atoms with Gasteiger partial charge in [0.25, 0.3) is 0 Å². The molecule has 2 aromatic rings. The minimum absolute atomic E-state index is 0.0952. The van der Waals surface area contributed by atoms with Crippen LogP contribution >= 0.6 is 0 Å². The van der Waals surface area contributed by atoms with Gasteiger partial charge in [-0.25, -0.2) is 0 Å². The molecule has 0 aliphatic carbocycles. The molecule has 1 amide bonds. The number of nitrogens with one attached hydrogen (secondary N) is 1. The number of anilines is 1. The van der Waals surface area contributed by atoms with Crippen molar-refractivity contribution in [1.82, 2.24) is 0 Å². The minimum atomic E-state index is -0.0952. The van der Waals surface area contributed by atoms with Gasteiger partial charge >= 0.3 is 0 Å². The summed E-state index contributed by atoms with van der Waals surface area (Å²) in [6.07, 6.45) is 0.122. The molecule has 0 atom stereocenters. The first-order chi connectivity index (χ1) is 10.0. The minimum Gasteiger partial charge on any atom is -0.491 e. The molecule has 0 saturated heterocycles. The van der Waals surface area contributed by atoms with Gasteiger partial charge in [-0.2, -0.15) is 0 Å². The number of benzene rings is 2. The number of carbonyl (C=O) groups excluding carboxylic acids is 1. The molecule has 0 radical (unpaired) electrons. The molecule has 0 unspecified atom stereocenters. The molecule has 0 aliphatic rings. The summed E-state index contributed by atoms with van der Waals surface area (Å²) in [5, 5.41) is 2.71. The monoisotopic (exact) mass is 285 g/mol. The first-order valence-electron chi connectivity index (χ1n) is 6.85. The summed E-state index contributed by atoms with van der Waals surface area (Å²) in [5.74, 6) is 2.09. The van der Waals surface area contributed by atoms with Crippen LogP contribution in [0.2, 0.25) is 0 Å². The zero-order chi connectivity index (χ0) is 15.2. The van der Waals surface area contributed by atoms with Crippen LogP contribution in [0, 0.1) is 0 Å². The van der Waals surface area contributed by atoms with Crippen LogP contribution in [0.4, 0.5) is 5.69 Å². The number of amides is 1. The maximum Gasteiger partial charge on any atom is 0.221 e. The van der Waals surface area contributed by atoms with Crippen molar-refractivity contribution in [3.8, 4) is 17.2 Å². The Morgan fingerprint density at radius 2 is 1.67 bits per heavy atom. The van der Waals surface area contributed by atoms with Gasteiger partial charge in [0.15, 0.2) is 0 Å². The third-order valence-corrected chi connectivity index (χ3v) is 2.59. The predicted octanol–water partition coefficient (Wildman–Crippen LogP) is 4.22. The van der Waals surface area contributed by atoms with E-state index in [-0.39, 0.29) is 12.0 Å². The number of hydrogen-bond donors (Lipinski definition) is 1. The zero-order valence-corrected chi connectivity index (χ0v) is 12.4. The topological polar surface area (TPSA) is 47.6 Å². The largest absolute Gasteiger partial charge is 0.491 e. The molecule has 0 fully saturated rings. The lowest BCUT2D eigenvalue weighted by atomic mass is 10.3. The van der Waals surface area contributed by atoms with Gasteiger partial charge in [-0.15, -0.1) is 0 Å². The maximum absolute atomic E-state index is 11.0. The standard InChI is InChI=1S/C17H19NO3/c1-12(2)20-16-5-4-6-17(11-16)21-15-9-7-14(8-10-15)18-13(3)19/h4-12H,1-3H3,(H,18,19). The average molecular weight is 285 g/mol. The third-order valence-electron chi connectivity index (χ3n) is 2.59. The average Bonchev–Trinajstić information content (AvgIpc) is 2.40. The van der Waals surface area contributed by atoms with E-state index >= 15 is 0 Å². The number of rotatable bonds is 5. The summed E-state index contributed by atoms with van der Waals surface area (Å²) in [7, 11) is 0. The molecule has 0 bridgehead atoms. The second-order valence-corrected chi connectivity index (χ2v) is 4.95. The number of carbonyl (C=O) groups is 1. The van der Waals surface area contributed by atoms with E-state index < -0.39 is 0 Å². The van der Waals surface area contributed by atoms with Crippen molar-refractivity contribution in [3.63, 3.8) is 0 Å². The molecule has 0 aromatic heterocycles. The van der Waals surface area contributed by atoms with E-state index in [2.05, 4.69) is 5.32 Å². The maximum atomic E-state index is 11.0. The van der Waals surface area contributed by atoms with Crippen molar-refractivity contribution in [2.24, 2.45) is 0 Å². The van der Waals surface area contributed by atoms with E-state index in [9.17, 15) is 4.79 Å². The van der Waals surface area contributed by atoms with Crippen LogP contribution in [0.3, 0.4) is 0 Å². The summed E-state index contributed by atoms with van der Waals surface area (Å²) in [5.41, 5.74) is 0.742. The van der Waals surface area contributed by atoms with Gasteiger partial charge in [-0.3, -0.25) is 4.79 Å². The number of hydrogen-bond acceptors (Lipinski definition) is 3. The quantitative estimate of drug-likeness (QED) is 0.894. The predicted molar refractivity (Wildman–Crippen MR) is 83.0 cm³/mol.